The monoisotopic (exact) mass is 355 g/mol. The minimum Gasteiger partial charge on any atom is -0.368 e. The molecule has 0 radical (unpaired) electrons. The molecule has 1 saturated heterocycles. The molecule has 0 spiro atoms. The zero-order valence-electron chi connectivity index (χ0n) is 12.1. The van der Waals surface area contributed by atoms with Crippen LogP contribution in [0.3, 0.4) is 0 Å². The van der Waals surface area contributed by atoms with E-state index in [0.717, 1.165) is 0 Å². The Morgan fingerprint density at radius 3 is 2.65 bits per heavy atom. The van der Waals surface area contributed by atoms with Crippen LogP contribution in [0.4, 0.5) is 5.69 Å². The van der Waals surface area contributed by atoms with Gasteiger partial charge in [-0.05, 0) is 12.1 Å². The van der Waals surface area contributed by atoms with Crippen molar-refractivity contribution >= 4 is 40.7 Å². The van der Waals surface area contributed by atoms with Crippen molar-refractivity contribution < 1.29 is 9.59 Å². The highest BCUT2D eigenvalue weighted by Crippen LogP contribution is 2.31. The summed E-state index contributed by atoms with van der Waals surface area (Å²) in [6, 6.07) is 4.31. The fraction of sp³-hybridized carbons (Fsp3) is 0.357. The zero-order chi connectivity index (χ0) is 17.0. The molecule has 2 amide bonds. The van der Waals surface area contributed by atoms with Gasteiger partial charge >= 0.3 is 0 Å². The van der Waals surface area contributed by atoms with Gasteiger partial charge in [0.25, 0.3) is 0 Å². The van der Waals surface area contributed by atoms with Crippen LogP contribution >= 0.6 is 23.2 Å². The van der Waals surface area contributed by atoms with Crippen LogP contribution in [-0.4, -0.2) is 48.9 Å². The second kappa shape index (κ2) is 7.62. The minimum absolute atomic E-state index is 0.0815. The fourth-order valence-corrected chi connectivity index (χ4v) is 2.87. The van der Waals surface area contributed by atoms with Crippen molar-refractivity contribution in [1.29, 1.82) is 5.26 Å². The molecule has 7 nitrogen and oxygen atoms in total. The van der Waals surface area contributed by atoms with Crippen LogP contribution in [0.15, 0.2) is 12.1 Å². The van der Waals surface area contributed by atoms with E-state index in [1.807, 2.05) is 11.0 Å². The molecule has 1 aromatic carbocycles. The Labute approximate surface area is 143 Å². The summed E-state index contributed by atoms with van der Waals surface area (Å²) in [6.45, 7) is 1.63. The Hall–Kier alpha value is -1.85. The summed E-state index contributed by atoms with van der Waals surface area (Å²) in [5.41, 5.74) is 5.83. The molecule has 1 atom stereocenters. The van der Waals surface area contributed by atoms with E-state index in [0.29, 0.717) is 25.2 Å². The molecule has 1 unspecified atom stereocenters. The predicted octanol–water partition coefficient (Wildman–Crippen LogP) is 0.563. The van der Waals surface area contributed by atoms with E-state index in [2.05, 4.69) is 10.6 Å². The maximum absolute atomic E-state index is 12.1. The number of nitriles is 1. The number of hydrogen-bond acceptors (Lipinski definition) is 5. The molecule has 1 fully saturated rings. The molecule has 2 rings (SSSR count). The predicted molar refractivity (Wildman–Crippen MR) is 87.2 cm³/mol. The molecule has 9 heteroatoms. The number of benzene rings is 1. The zero-order valence-corrected chi connectivity index (χ0v) is 13.6. The van der Waals surface area contributed by atoms with Crippen molar-refractivity contribution in [1.82, 2.24) is 10.2 Å². The van der Waals surface area contributed by atoms with Gasteiger partial charge in [0, 0.05) is 19.6 Å². The number of carbonyl (C=O) groups excluding carboxylic acids is 2. The minimum atomic E-state index is -0.473. The van der Waals surface area contributed by atoms with Crippen LogP contribution in [0.5, 0.6) is 0 Å². The van der Waals surface area contributed by atoms with Crippen LogP contribution in [0.2, 0.25) is 10.0 Å². The third-order valence-corrected chi connectivity index (χ3v) is 4.00. The number of primary amides is 1. The topological polar surface area (TPSA) is 111 Å². The Bertz CT molecular complexity index is 651. The van der Waals surface area contributed by atoms with E-state index in [4.69, 9.17) is 34.2 Å². The third-order valence-electron chi connectivity index (χ3n) is 3.41. The van der Waals surface area contributed by atoms with E-state index in [1.165, 1.54) is 12.1 Å². The summed E-state index contributed by atoms with van der Waals surface area (Å²) in [5.74, 6) is -0.767. The number of nitrogens with two attached hydrogens (primary N) is 1. The lowest BCUT2D eigenvalue weighted by atomic mass is 10.2. The van der Waals surface area contributed by atoms with Crippen molar-refractivity contribution in [2.24, 2.45) is 5.73 Å². The summed E-state index contributed by atoms with van der Waals surface area (Å²) >= 11 is 12.1. The molecule has 122 valence electrons. The maximum Gasteiger partial charge on any atom is 0.238 e. The SMILES string of the molecule is N#Cc1cc(Cl)c(NC(=O)CN2CCNC(C(N)=O)C2)c(Cl)c1. The normalized spacial score (nSPS) is 18.2. The van der Waals surface area contributed by atoms with Crippen LogP contribution in [0.1, 0.15) is 5.56 Å². The van der Waals surface area contributed by atoms with Crippen molar-refractivity contribution in [2.75, 3.05) is 31.5 Å². The van der Waals surface area contributed by atoms with Crippen LogP contribution in [0, 0.1) is 11.3 Å². The first kappa shape index (κ1) is 17.5. The standard InChI is InChI=1S/C14H15Cl2N5O2/c15-9-3-8(5-17)4-10(16)13(9)20-12(22)7-21-2-1-19-11(6-21)14(18)23/h3-4,11,19H,1-2,6-7H2,(H2,18,23)(H,20,22). The maximum atomic E-state index is 12.1. The van der Waals surface area contributed by atoms with E-state index in [-0.39, 0.29) is 28.2 Å². The highest BCUT2D eigenvalue weighted by Gasteiger charge is 2.25. The molecule has 23 heavy (non-hydrogen) atoms. The molecule has 0 bridgehead atoms. The summed E-state index contributed by atoms with van der Waals surface area (Å²) in [7, 11) is 0. The largest absolute Gasteiger partial charge is 0.368 e. The lowest BCUT2D eigenvalue weighted by Crippen LogP contribution is -2.57. The van der Waals surface area contributed by atoms with E-state index in [9.17, 15) is 9.59 Å². The van der Waals surface area contributed by atoms with Gasteiger partial charge in [-0.2, -0.15) is 5.26 Å². The number of anilines is 1. The second-order valence-electron chi connectivity index (χ2n) is 5.12. The molecule has 0 aromatic heterocycles. The molecule has 0 aliphatic carbocycles. The van der Waals surface area contributed by atoms with Gasteiger partial charge in [0.05, 0.1) is 40.0 Å². The number of halogens is 2. The molecule has 1 aliphatic heterocycles. The number of nitrogens with one attached hydrogen (secondary N) is 2. The third kappa shape index (κ3) is 4.56. The number of amides is 2. The summed E-state index contributed by atoms with van der Waals surface area (Å²) in [4.78, 5) is 25.2. The highest BCUT2D eigenvalue weighted by molar-refractivity contribution is 6.40. The van der Waals surface area contributed by atoms with E-state index >= 15 is 0 Å². The fourth-order valence-electron chi connectivity index (χ4n) is 2.28. The molecular weight excluding hydrogens is 341 g/mol. The Balaban J connectivity index is 2.00. The van der Waals surface area contributed by atoms with Gasteiger partial charge in [0.15, 0.2) is 0 Å². The van der Waals surface area contributed by atoms with Crippen molar-refractivity contribution in [3.63, 3.8) is 0 Å². The molecule has 1 aromatic rings. The van der Waals surface area contributed by atoms with Crippen molar-refractivity contribution in [2.45, 2.75) is 6.04 Å². The van der Waals surface area contributed by atoms with Gasteiger partial charge in [-0.15, -0.1) is 0 Å². The Kier molecular flexibility index (Phi) is 5.80. The van der Waals surface area contributed by atoms with Crippen LogP contribution in [0.25, 0.3) is 0 Å². The molecule has 4 N–H and O–H groups in total. The first-order valence-corrected chi connectivity index (χ1v) is 7.60. The van der Waals surface area contributed by atoms with Gasteiger partial charge < -0.3 is 16.4 Å². The van der Waals surface area contributed by atoms with Gasteiger partial charge in [-0.25, -0.2) is 0 Å². The molecule has 0 saturated carbocycles. The lowest BCUT2D eigenvalue weighted by Gasteiger charge is -2.31. The van der Waals surface area contributed by atoms with Crippen molar-refractivity contribution in [3.8, 4) is 6.07 Å². The molecule has 1 aliphatic rings. The quantitative estimate of drug-likeness (QED) is 0.730. The summed E-state index contributed by atoms with van der Waals surface area (Å²) in [5, 5.41) is 14.8. The number of hydrogen-bond donors (Lipinski definition) is 3. The molecular formula is C14H15Cl2N5O2. The second-order valence-corrected chi connectivity index (χ2v) is 5.93. The van der Waals surface area contributed by atoms with Gasteiger partial charge in [-0.1, -0.05) is 23.2 Å². The number of nitrogens with zero attached hydrogens (tertiary/aromatic N) is 2. The van der Waals surface area contributed by atoms with Crippen molar-refractivity contribution in [3.05, 3.63) is 27.7 Å². The first-order valence-electron chi connectivity index (χ1n) is 6.84. The van der Waals surface area contributed by atoms with E-state index < -0.39 is 11.9 Å². The number of piperazine rings is 1. The highest BCUT2D eigenvalue weighted by atomic mass is 35.5. The Morgan fingerprint density at radius 2 is 2.09 bits per heavy atom. The average Bonchev–Trinajstić information content (AvgIpc) is 2.50. The smallest absolute Gasteiger partial charge is 0.238 e. The Morgan fingerprint density at radius 1 is 1.43 bits per heavy atom. The van der Waals surface area contributed by atoms with Crippen LogP contribution < -0.4 is 16.4 Å². The first-order chi connectivity index (χ1) is 10.9. The summed E-state index contributed by atoms with van der Waals surface area (Å²) < 4.78 is 0. The lowest BCUT2D eigenvalue weighted by molar-refractivity contribution is -0.123. The van der Waals surface area contributed by atoms with Gasteiger partial charge in [0.2, 0.25) is 11.8 Å². The van der Waals surface area contributed by atoms with Crippen LogP contribution in [-0.2, 0) is 9.59 Å². The van der Waals surface area contributed by atoms with E-state index in [1.54, 1.807) is 0 Å². The van der Waals surface area contributed by atoms with Gasteiger partial charge in [0.1, 0.15) is 0 Å². The number of rotatable bonds is 4. The van der Waals surface area contributed by atoms with Gasteiger partial charge in [-0.3, -0.25) is 14.5 Å². The average molecular weight is 356 g/mol. The number of carbonyl (C=O) groups is 2. The summed E-state index contributed by atoms with van der Waals surface area (Å²) in [6.07, 6.45) is 0. The molecule has 1 heterocycles.